The molecule has 0 aliphatic heterocycles. The SMILES string of the molecule is Brc1c(-c2cccc3ccccc23)sc2ccc(-c3cccc4c3c3cc5ccccc5cc3n4-c3nc(C4=CCCC=C4)c4c(n3)sc3ccccc34)cc12. The van der Waals surface area contributed by atoms with Gasteiger partial charge in [0.15, 0.2) is 0 Å². The van der Waals surface area contributed by atoms with Crippen molar-refractivity contribution in [3.8, 4) is 27.5 Å². The number of aromatic nitrogens is 3. The lowest BCUT2D eigenvalue weighted by Crippen LogP contribution is -2.04. The zero-order valence-electron chi connectivity index (χ0n) is 30.0. The van der Waals surface area contributed by atoms with E-state index in [2.05, 4.69) is 178 Å². The average Bonchev–Trinajstić information content (AvgIpc) is 3.91. The van der Waals surface area contributed by atoms with Gasteiger partial charge in [-0.15, -0.1) is 22.7 Å². The number of hydrogen-bond donors (Lipinski definition) is 0. The smallest absolute Gasteiger partial charge is 0.236 e. The first-order valence-electron chi connectivity index (χ1n) is 18.9. The fourth-order valence-electron chi connectivity index (χ4n) is 8.75. The Bertz CT molecular complexity index is 3500. The van der Waals surface area contributed by atoms with Gasteiger partial charge in [0.25, 0.3) is 0 Å². The van der Waals surface area contributed by atoms with Gasteiger partial charge >= 0.3 is 0 Å². The van der Waals surface area contributed by atoms with Gasteiger partial charge in [0.1, 0.15) is 4.83 Å². The Morgan fingerprint density at radius 1 is 0.554 bits per heavy atom. The first-order valence-corrected chi connectivity index (χ1v) is 21.3. The van der Waals surface area contributed by atoms with Crippen LogP contribution in [0.5, 0.6) is 0 Å². The molecule has 264 valence electrons. The van der Waals surface area contributed by atoms with E-state index in [-0.39, 0.29) is 0 Å². The molecule has 0 bridgehead atoms. The Morgan fingerprint density at radius 3 is 2.18 bits per heavy atom. The van der Waals surface area contributed by atoms with Gasteiger partial charge in [-0.05, 0) is 103 Å². The minimum Gasteiger partial charge on any atom is -0.278 e. The Labute approximate surface area is 338 Å². The number of benzene rings is 7. The lowest BCUT2D eigenvalue weighted by atomic mass is 9.97. The summed E-state index contributed by atoms with van der Waals surface area (Å²) in [5, 5.41) is 10.9. The van der Waals surface area contributed by atoms with Crippen LogP contribution in [0.1, 0.15) is 18.5 Å². The van der Waals surface area contributed by atoms with Crippen LogP contribution in [0.2, 0.25) is 0 Å². The Balaban J connectivity index is 1.13. The van der Waals surface area contributed by atoms with Crippen LogP contribution in [0.3, 0.4) is 0 Å². The summed E-state index contributed by atoms with van der Waals surface area (Å²) < 4.78 is 5.93. The van der Waals surface area contributed by atoms with Crippen LogP contribution in [0.4, 0.5) is 0 Å². The van der Waals surface area contributed by atoms with E-state index < -0.39 is 0 Å². The van der Waals surface area contributed by atoms with Gasteiger partial charge in [-0.2, -0.15) is 0 Å². The second kappa shape index (κ2) is 12.6. The summed E-state index contributed by atoms with van der Waals surface area (Å²) in [5.41, 5.74) is 7.98. The minimum absolute atomic E-state index is 0.696. The standard InChI is InChI=1S/C50H30BrN3S2/c51-46-39-27-33(24-25-43(39)55-48(46)36-21-10-17-29-12-6-7-18-34(29)36)35-20-11-22-40-44(35)38-26-31-15-4-5-16-32(31)28-41(38)54(40)50-52-47(30-13-2-1-3-14-30)45-37-19-8-9-23-42(37)56-49(45)53-50/h2,4-28H,1,3H2. The third kappa shape index (κ3) is 4.86. The van der Waals surface area contributed by atoms with Crippen molar-refractivity contribution in [1.82, 2.24) is 14.5 Å². The van der Waals surface area contributed by atoms with E-state index in [9.17, 15) is 0 Å². The predicted octanol–water partition coefficient (Wildman–Crippen LogP) is 15.3. The second-order valence-corrected chi connectivity index (χ2v) is 17.4. The van der Waals surface area contributed by atoms with Crippen LogP contribution < -0.4 is 0 Å². The zero-order valence-corrected chi connectivity index (χ0v) is 33.2. The molecule has 12 rings (SSSR count). The van der Waals surface area contributed by atoms with E-state index in [1.54, 1.807) is 11.3 Å². The summed E-state index contributed by atoms with van der Waals surface area (Å²) in [6, 6.07) is 50.8. The lowest BCUT2D eigenvalue weighted by molar-refractivity contribution is 1.000. The Hall–Kier alpha value is -5.92. The van der Waals surface area contributed by atoms with Gasteiger partial charge in [-0.3, -0.25) is 4.57 Å². The average molecular weight is 817 g/mol. The van der Waals surface area contributed by atoms with E-state index in [4.69, 9.17) is 9.97 Å². The van der Waals surface area contributed by atoms with Crippen molar-refractivity contribution in [2.45, 2.75) is 12.8 Å². The highest BCUT2D eigenvalue weighted by Crippen LogP contribution is 2.47. The summed E-state index contributed by atoms with van der Waals surface area (Å²) in [4.78, 5) is 13.2. The van der Waals surface area contributed by atoms with Crippen molar-refractivity contribution >= 4 is 118 Å². The number of rotatable bonds is 4. The van der Waals surface area contributed by atoms with E-state index in [0.717, 1.165) is 49.8 Å². The highest BCUT2D eigenvalue weighted by Gasteiger charge is 2.23. The molecule has 0 N–H and O–H groups in total. The normalized spacial score (nSPS) is 13.3. The molecule has 0 radical (unpaired) electrons. The van der Waals surface area contributed by atoms with Crippen LogP contribution in [-0.2, 0) is 0 Å². The van der Waals surface area contributed by atoms with Crippen molar-refractivity contribution in [2.24, 2.45) is 0 Å². The molecule has 6 heteroatoms. The Morgan fingerprint density at radius 2 is 1.30 bits per heavy atom. The monoisotopic (exact) mass is 815 g/mol. The molecule has 11 aromatic rings. The van der Waals surface area contributed by atoms with Crippen LogP contribution in [0.15, 0.2) is 162 Å². The molecule has 4 aromatic heterocycles. The molecular weight excluding hydrogens is 787 g/mol. The van der Waals surface area contributed by atoms with Crippen molar-refractivity contribution in [3.63, 3.8) is 0 Å². The third-order valence-corrected chi connectivity index (χ3v) is 14.7. The maximum Gasteiger partial charge on any atom is 0.236 e. The van der Waals surface area contributed by atoms with Crippen LogP contribution in [-0.4, -0.2) is 14.5 Å². The lowest BCUT2D eigenvalue weighted by Gasteiger charge is -2.12. The van der Waals surface area contributed by atoms with Crippen molar-refractivity contribution in [3.05, 3.63) is 168 Å². The predicted molar refractivity (Wildman–Crippen MR) is 245 cm³/mol. The topological polar surface area (TPSA) is 30.7 Å². The van der Waals surface area contributed by atoms with Crippen LogP contribution in [0, 0.1) is 0 Å². The highest BCUT2D eigenvalue weighted by molar-refractivity contribution is 9.10. The molecule has 1 aliphatic carbocycles. The van der Waals surface area contributed by atoms with Gasteiger partial charge in [-0.25, -0.2) is 9.97 Å². The molecule has 4 heterocycles. The fraction of sp³-hybridized carbons (Fsp3) is 0.0400. The molecule has 7 aromatic carbocycles. The molecule has 0 saturated heterocycles. The molecule has 0 spiro atoms. The molecular formula is C50H30BrN3S2. The fourth-order valence-corrected chi connectivity index (χ4v) is 11.9. The summed E-state index contributed by atoms with van der Waals surface area (Å²) >= 11 is 7.68. The molecule has 0 atom stereocenters. The maximum absolute atomic E-state index is 5.51. The number of nitrogens with zero attached hydrogens (tertiary/aromatic N) is 3. The molecule has 56 heavy (non-hydrogen) atoms. The molecule has 0 amide bonds. The van der Waals surface area contributed by atoms with Crippen LogP contribution in [0.25, 0.3) is 107 Å². The van der Waals surface area contributed by atoms with Crippen molar-refractivity contribution in [2.75, 3.05) is 0 Å². The number of thiophene rings is 2. The van der Waals surface area contributed by atoms with E-state index in [1.807, 2.05) is 11.3 Å². The van der Waals surface area contributed by atoms with E-state index >= 15 is 0 Å². The maximum atomic E-state index is 5.51. The Kier molecular flexibility index (Phi) is 7.25. The minimum atomic E-state index is 0.696. The second-order valence-electron chi connectivity index (χ2n) is 14.5. The van der Waals surface area contributed by atoms with Crippen molar-refractivity contribution in [1.29, 1.82) is 0 Å². The molecule has 3 nitrogen and oxygen atoms in total. The summed E-state index contributed by atoms with van der Waals surface area (Å²) in [5.74, 6) is 0.696. The largest absolute Gasteiger partial charge is 0.278 e. The summed E-state index contributed by atoms with van der Waals surface area (Å²) in [7, 11) is 0. The van der Waals surface area contributed by atoms with Crippen LogP contribution >= 0.6 is 38.6 Å². The summed E-state index contributed by atoms with van der Waals surface area (Å²) in [6.45, 7) is 0. The van der Waals surface area contributed by atoms with Gasteiger partial charge < -0.3 is 0 Å². The van der Waals surface area contributed by atoms with Gasteiger partial charge in [0, 0.05) is 46.4 Å². The number of hydrogen-bond acceptors (Lipinski definition) is 4. The number of fused-ring (bicyclic) bond motifs is 9. The first kappa shape index (κ1) is 32.3. The van der Waals surface area contributed by atoms with E-state index in [0.29, 0.717) is 5.95 Å². The first-order chi connectivity index (χ1) is 27.7. The molecule has 1 aliphatic rings. The third-order valence-electron chi connectivity index (χ3n) is 11.3. The van der Waals surface area contributed by atoms with Crippen molar-refractivity contribution < 1.29 is 0 Å². The zero-order chi connectivity index (χ0) is 36.9. The van der Waals surface area contributed by atoms with E-state index in [1.165, 1.54) is 74.1 Å². The molecule has 0 fully saturated rings. The summed E-state index contributed by atoms with van der Waals surface area (Å²) in [6.07, 6.45) is 8.90. The van der Waals surface area contributed by atoms with Gasteiger partial charge in [0.05, 0.1) is 21.6 Å². The number of allylic oxidation sites excluding steroid dienone is 4. The quantitative estimate of drug-likeness (QED) is 0.177. The van der Waals surface area contributed by atoms with Gasteiger partial charge in [-0.1, -0.05) is 121 Å². The van der Waals surface area contributed by atoms with Gasteiger partial charge in [0.2, 0.25) is 5.95 Å². The highest BCUT2D eigenvalue weighted by atomic mass is 79.9. The number of halogens is 1. The molecule has 0 unspecified atom stereocenters. The molecule has 0 saturated carbocycles.